The summed E-state index contributed by atoms with van der Waals surface area (Å²) < 4.78 is 11.1. The van der Waals surface area contributed by atoms with Crippen LogP contribution < -0.4 is 20.1 Å². The number of methoxy groups -OCH3 is 1. The zero-order valence-electron chi connectivity index (χ0n) is 19.0. The quantitative estimate of drug-likeness (QED) is 0.408. The molecule has 0 aromatic heterocycles. The van der Waals surface area contributed by atoms with Gasteiger partial charge in [-0.3, -0.25) is 9.59 Å². The molecule has 1 fully saturated rings. The summed E-state index contributed by atoms with van der Waals surface area (Å²) in [7, 11) is 1.51. The maximum Gasteiger partial charge on any atom is 0.264 e. The molecule has 1 aliphatic rings. The van der Waals surface area contributed by atoms with Gasteiger partial charge in [-0.1, -0.05) is 29.8 Å². The molecule has 0 bridgehead atoms. The molecule has 1 heterocycles. The van der Waals surface area contributed by atoms with E-state index in [1.54, 1.807) is 48.5 Å². The molecule has 35 heavy (non-hydrogen) atoms. The van der Waals surface area contributed by atoms with Gasteiger partial charge < -0.3 is 20.1 Å². The average Bonchev–Trinajstić information content (AvgIpc) is 3.17. The summed E-state index contributed by atoms with van der Waals surface area (Å²) in [4.78, 5) is 29.6. The van der Waals surface area contributed by atoms with Gasteiger partial charge in [-0.2, -0.15) is 0 Å². The second kappa shape index (κ2) is 11.1. The molecule has 1 aliphatic heterocycles. The summed E-state index contributed by atoms with van der Waals surface area (Å²) in [6.45, 7) is 1.78. The summed E-state index contributed by atoms with van der Waals surface area (Å²) in [5.41, 5.74) is 3.18. The van der Waals surface area contributed by atoms with E-state index in [2.05, 4.69) is 15.6 Å². The van der Waals surface area contributed by atoms with Crippen LogP contribution in [0.4, 0.5) is 11.4 Å². The first-order chi connectivity index (χ1) is 16.9. The first-order valence-electron chi connectivity index (χ1n) is 10.6. The Bertz CT molecular complexity index is 1320. The minimum absolute atomic E-state index is 0.173. The van der Waals surface area contributed by atoms with Crippen molar-refractivity contribution in [2.45, 2.75) is 6.92 Å². The number of benzene rings is 3. The fourth-order valence-corrected chi connectivity index (χ4v) is 4.19. The van der Waals surface area contributed by atoms with E-state index in [9.17, 15) is 9.59 Å². The maximum atomic E-state index is 12.4. The minimum Gasteiger partial charge on any atom is -0.493 e. The van der Waals surface area contributed by atoms with Gasteiger partial charge in [-0.05, 0) is 84.4 Å². The number of aliphatic imine (C=N–C) groups is 1. The Morgan fingerprint density at radius 1 is 1.11 bits per heavy atom. The largest absolute Gasteiger partial charge is 0.493 e. The molecular weight excluding hydrogens is 486 g/mol. The second-order valence-corrected chi connectivity index (χ2v) is 9.04. The molecule has 178 valence electrons. The first-order valence-corrected chi connectivity index (χ1v) is 11.8. The van der Waals surface area contributed by atoms with Crippen LogP contribution in [0.25, 0.3) is 6.08 Å². The SMILES string of the molecule is COc1cc(/C=C2\SC(=Nc3ccc(Cl)cc3)NC2=O)ccc1OCC(=O)Nc1cccc(C)c1. The van der Waals surface area contributed by atoms with Crippen molar-refractivity contribution in [2.24, 2.45) is 4.99 Å². The molecule has 3 aromatic rings. The zero-order valence-corrected chi connectivity index (χ0v) is 20.6. The van der Waals surface area contributed by atoms with Crippen LogP contribution in [0.2, 0.25) is 5.02 Å². The summed E-state index contributed by atoms with van der Waals surface area (Å²) in [6, 6.07) is 19.8. The van der Waals surface area contributed by atoms with Crippen LogP contribution in [0, 0.1) is 6.92 Å². The Balaban J connectivity index is 1.41. The lowest BCUT2D eigenvalue weighted by Gasteiger charge is -2.12. The summed E-state index contributed by atoms with van der Waals surface area (Å²) in [5, 5.41) is 6.65. The highest BCUT2D eigenvalue weighted by atomic mass is 35.5. The number of hydrogen-bond acceptors (Lipinski definition) is 6. The number of nitrogens with zero attached hydrogens (tertiary/aromatic N) is 1. The molecule has 0 spiro atoms. The number of ether oxygens (including phenoxy) is 2. The molecular formula is C26H22ClN3O4S. The summed E-state index contributed by atoms with van der Waals surface area (Å²) >= 11 is 7.14. The van der Waals surface area contributed by atoms with E-state index in [0.29, 0.717) is 38.0 Å². The molecule has 0 unspecified atom stereocenters. The Hall–Kier alpha value is -3.75. The molecule has 0 radical (unpaired) electrons. The minimum atomic E-state index is -0.282. The lowest BCUT2D eigenvalue weighted by Crippen LogP contribution is -2.20. The molecule has 0 aliphatic carbocycles. The normalized spacial score (nSPS) is 15.2. The van der Waals surface area contributed by atoms with Gasteiger partial charge in [0.25, 0.3) is 11.8 Å². The molecule has 3 aromatic carbocycles. The van der Waals surface area contributed by atoms with Gasteiger partial charge in [0.05, 0.1) is 17.7 Å². The van der Waals surface area contributed by atoms with E-state index >= 15 is 0 Å². The standard InChI is InChI=1S/C26H22ClN3O4S/c1-16-4-3-5-20(12-16)28-24(31)15-34-21-11-6-17(13-22(21)33-2)14-23-25(32)30-26(35-23)29-19-9-7-18(27)8-10-19/h3-14H,15H2,1-2H3,(H,28,31)(H,29,30,32)/b23-14-. The number of nitrogens with one attached hydrogen (secondary N) is 2. The number of amides is 2. The molecule has 4 rings (SSSR count). The fraction of sp³-hybridized carbons (Fsp3) is 0.115. The van der Waals surface area contributed by atoms with Crippen molar-refractivity contribution in [1.82, 2.24) is 5.32 Å². The van der Waals surface area contributed by atoms with Gasteiger partial charge in [0, 0.05) is 10.7 Å². The second-order valence-electron chi connectivity index (χ2n) is 7.57. The van der Waals surface area contributed by atoms with Crippen LogP contribution in [-0.2, 0) is 9.59 Å². The highest BCUT2D eigenvalue weighted by molar-refractivity contribution is 8.18. The fourth-order valence-electron chi connectivity index (χ4n) is 3.22. The number of hydrogen-bond donors (Lipinski definition) is 2. The summed E-state index contributed by atoms with van der Waals surface area (Å²) in [5.74, 6) is 0.342. The van der Waals surface area contributed by atoms with Gasteiger partial charge in [0.15, 0.2) is 23.3 Å². The number of anilines is 1. The topological polar surface area (TPSA) is 89.0 Å². The van der Waals surface area contributed by atoms with Crippen molar-refractivity contribution in [2.75, 3.05) is 19.0 Å². The third kappa shape index (κ3) is 6.65. The van der Waals surface area contributed by atoms with Gasteiger partial charge in [-0.15, -0.1) is 0 Å². The van der Waals surface area contributed by atoms with E-state index in [1.165, 1.54) is 18.9 Å². The molecule has 2 amide bonds. The van der Waals surface area contributed by atoms with Crippen LogP contribution in [0.5, 0.6) is 11.5 Å². The maximum absolute atomic E-state index is 12.4. The highest BCUT2D eigenvalue weighted by Crippen LogP contribution is 2.32. The monoisotopic (exact) mass is 507 g/mol. The van der Waals surface area contributed by atoms with Crippen molar-refractivity contribution >= 4 is 57.8 Å². The van der Waals surface area contributed by atoms with Crippen LogP contribution in [0.15, 0.2) is 76.6 Å². The van der Waals surface area contributed by atoms with Crippen LogP contribution in [0.3, 0.4) is 0 Å². The highest BCUT2D eigenvalue weighted by Gasteiger charge is 2.24. The molecule has 2 N–H and O–H groups in total. The Morgan fingerprint density at radius 2 is 1.91 bits per heavy atom. The van der Waals surface area contributed by atoms with Crippen molar-refractivity contribution in [3.8, 4) is 11.5 Å². The van der Waals surface area contributed by atoms with Crippen molar-refractivity contribution in [1.29, 1.82) is 0 Å². The Kier molecular flexibility index (Phi) is 7.74. The first kappa shape index (κ1) is 24.4. The third-order valence-corrected chi connectivity index (χ3v) is 6.02. The van der Waals surface area contributed by atoms with Crippen molar-refractivity contribution < 1.29 is 19.1 Å². The number of rotatable bonds is 7. The molecule has 0 saturated carbocycles. The predicted octanol–water partition coefficient (Wildman–Crippen LogP) is 5.57. The number of thioether (sulfide) groups is 1. The molecule has 7 nitrogen and oxygen atoms in total. The number of halogens is 1. The molecule has 9 heteroatoms. The van der Waals surface area contributed by atoms with E-state index in [4.69, 9.17) is 21.1 Å². The van der Waals surface area contributed by atoms with Crippen LogP contribution in [-0.4, -0.2) is 30.7 Å². The third-order valence-electron chi connectivity index (χ3n) is 4.85. The van der Waals surface area contributed by atoms with Gasteiger partial charge in [-0.25, -0.2) is 4.99 Å². The number of amidine groups is 1. The molecule has 0 atom stereocenters. The van der Waals surface area contributed by atoms with Crippen LogP contribution >= 0.6 is 23.4 Å². The smallest absolute Gasteiger partial charge is 0.264 e. The zero-order chi connectivity index (χ0) is 24.8. The number of aryl methyl sites for hydroxylation is 1. The van der Waals surface area contributed by atoms with E-state index < -0.39 is 0 Å². The Morgan fingerprint density at radius 3 is 2.66 bits per heavy atom. The molecule has 1 saturated heterocycles. The lowest BCUT2D eigenvalue weighted by atomic mass is 10.2. The number of carbonyl (C=O) groups excluding carboxylic acids is 2. The number of carbonyl (C=O) groups is 2. The lowest BCUT2D eigenvalue weighted by molar-refractivity contribution is -0.118. The van der Waals surface area contributed by atoms with Crippen molar-refractivity contribution in [3.63, 3.8) is 0 Å². The van der Waals surface area contributed by atoms with Crippen molar-refractivity contribution in [3.05, 3.63) is 87.8 Å². The summed E-state index contributed by atoms with van der Waals surface area (Å²) in [6.07, 6.45) is 1.74. The predicted molar refractivity (Wildman–Crippen MR) is 141 cm³/mol. The Labute approximate surface area is 212 Å². The van der Waals surface area contributed by atoms with Gasteiger partial charge in [0.2, 0.25) is 0 Å². The van der Waals surface area contributed by atoms with E-state index in [-0.39, 0.29) is 18.4 Å². The average molecular weight is 508 g/mol. The van der Waals surface area contributed by atoms with E-state index in [1.807, 2.05) is 31.2 Å². The van der Waals surface area contributed by atoms with E-state index in [0.717, 1.165) is 11.1 Å². The van der Waals surface area contributed by atoms with Crippen LogP contribution in [0.1, 0.15) is 11.1 Å². The van der Waals surface area contributed by atoms with Gasteiger partial charge >= 0.3 is 0 Å². The van der Waals surface area contributed by atoms with Gasteiger partial charge in [0.1, 0.15) is 0 Å².